The molecule has 1 heterocycles. The van der Waals surface area contributed by atoms with E-state index in [0.717, 1.165) is 84.1 Å². The van der Waals surface area contributed by atoms with E-state index in [1.165, 1.54) is 0 Å². The number of ether oxygens (including phenoxy) is 2. The molecule has 1 aliphatic rings. The third kappa shape index (κ3) is 11.3. The van der Waals surface area contributed by atoms with Gasteiger partial charge in [0.2, 0.25) is 0 Å². The first-order valence-electron chi connectivity index (χ1n) is 9.03. The molecular weight excluding hydrogens is 417 g/mol. The van der Waals surface area contributed by atoms with Crippen molar-refractivity contribution in [3.63, 3.8) is 0 Å². The van der Waals surface area contributed by atoms with Gasteiger partial charge >= 0.3 is 0 Å². The summed E-state index contributed by atoms with van der Waals surface area (Å²) in [4.78, 5) is 6.87. The standard InChI is InChI=1S/C18H35N3O2.HI/c1-4-6-7-12-21(3)18(19-5-2)20-11-8-13-23-16-17-9-14-22-15-10-17;/h4,17H,1,5-16H2,2-3H3,(H,19,20);1H. The molecule has 0 unspecified atom stereocenters. The van der Waals surface area contributed by atoms with E-state index in [4.69, 9.17) is 9.47 Å². The van der Waals surface area contributed by atoms with Gasteiger partial charge in [0, 0.05) is 53.1 Å². The molecule has 1 rings (SSSR count). The maximum atomic E-state index is 5.78. The molecule has 0 radical (unpaired) electrons. The van der Waals surface area contributed by atoms with Crippen LogP contribution in [-0.2, 0) is 9.47 Å². The van der Waals surface area contributed by atoms with Gasteiger partial charge in [-0.3, -0.25) is 4.99 Å². The van der Waals surface area contributed by atoms with Gasteiger partial charge in [-0.15, -0.1) is 30.6 Å². The maximum Gasteiger partial charge on any atom is 0.193 e. The molecule has 0 aromatic carbocycles. The third-order valence-electron chi connectivity index (χ3n) is 4.00. The second kappa shape index (κ2) is 16.1. The monoisotopic (exact) mass is 453 g/mol. The average Bonchev–Trinajstić information content (AvgIpc) is 2.58. The molecule has 0 saturated carbocycles. The first kappa shape index (κ1) is 23.7. The fraction of sp³-hybridized carbons (Fsp3) is 0.833. The minimum atomic E-state index is 0. The number of allylic oxidation sites excluding steroid dienone is 1. The molecule has 24 heavy (non-hydrogen) atoms. The number of guanidine groups is 1. The van der Waals surface area contributed by atoms with Gasteiger partial charge < -0.3 is 19.7 Å². The van der Waals surface area contributed by atoms with E-state index in [-0.39, 0.29) is 24.0 Å². The molecule has 0 spiro atoms. The van der Waals surface area contributed by atoms with Crippen molar-refractivity contribution in [2.45, 2.75) is 39.0 Å². The van der Waals surface area contributed by atoms with Crippen LogP contribution in [-0.4, -0.2) is 64.0 Å². The topological polar surface area (TPSA) is 46.1 Å². The molecule has 0 aromatic rings. The number of halogens is 1. The Morgan fingerprint density at radius 3 is 2.79 bits per heavy atom. The lowest BCUT2D eigenvalue weighted by Crippen LogP contribution is -2.39. The summed E-state index contributed by atoms with van der Waals surface area (Å²) in [5.74, 6) is 1.67. The van der Waals surface area contributed by atoms with E-state index in [1.807, 2.05) is 6.08 Å². The fourth-order valence-corrected chi connectivity index (χ4v) is 2.56. The van der Waals surface area contributed by atoms with Crippen molar-refractivity contribution in [1.82, 2.24) is 10.2 Å². The predicted octanol–water partition coefficient (Wildman–Crippen LogP) is 3.30. The Kier molecular flexibility index (Phi) is 15.9. The smallest absolute Gasteiger partial charge is 0.193 e. The molecule has 0 bridgehead atoms. The number of unbranched alkanes of at least 4 members (excludes halogenated alkanes) is 1. The normalized spacial score (nSPS) is 15.7. The van der Waals surface area contributed by atoms with Crippen LogP contribution in [0.5, 0.6) is 0 Å². The van der Waals surface area contributed by atoms with Crippen molar-refractivity contribution in [1.29, 1.82) is 0 Å². The molecule has 1 fully saturated rings. The molecule has 0 aromatic heterocycles. The molecule has 0 aliphatic carbocycles. The Balaban J connectivity index is 0.00000529. The molecule has 1 aliphatic heterocycles. The highest BCUT2D eigenvalue weighted by molar-refractivity contribution is 14.0. The number of hydrogen-bond acceptors (Lipinski definition) is 3. The van der Waals surface area contributed by atoms with Crippen molar-refractivity contribution >= 4 is 29.9 Å². The number of rotatable bonds is 11. The molecule has 5 nitrogen and oxygen atoms in total. The largest absolute Gasteiger partial charge is 0.381 e. The van der Waals surface area contributed by atoms with E-state index in [2.05, 4.69) is 35.8 Å². The highest BCUT2D eigenvalue weighted by Gasteiger charge is 2.13. The summed E-state index contributed by atoms with van der Waals surface area (Å²) in [6.45, 7) is 12.0. The lowest BCUT2D eigenvalue weighted by Gasteiger charge is -2.22. The molecule has 6 heteroatoms. The van der Waals surface area contributed by atoms with Crippen LogP contribution in [0.4, 0.5) is 0 Å². The summed E-state index contributed by atoms with van der Waals surface area (Å²) in [6.07, 6.45) is 7.37. The van der Waals surface area contributed by atoms with Gasteiger partial charge in [-0.25, -0.2) is 0 Å². The first-order valence-corrected chi connectivity index (χ1v) is 9.03. The van der Waals surface area contributed by atoms with Crippen molar-refractivity contribution in [2.24, 2.45) is 10.9 Å². The lowest BCUT2D eigenvalue weighted by molar-refractivity contribution is 0.0205. The molecular formula is C18H36IN3O2. The summed E-state index contributed by atoms with van der Waals surface area (Å²) >= 11 is 0. The van der Waals surface area contributed by atoms with E-state index >= 15 is 0 Å². The van der Waals surface area contributed by atoms with Gasteiger partial charge in [0.05, 0.1) is 0 Å². The van der Waals surface area contributed by atoms with Crippen LogP contribution in [0.25, 0.3) is 0 Å². The number of hydrogen-bond donors (Lipinski definition) is 1. The zero-order valence-corrected chi connectivity index (χ0v) is 17.8. The third-order valence-corrected chi connectivity index (χ3v) is 4.00. The minimum absolute atomic E-state index is 0. The van der Waals surface area contributed by atoms with E-state index in [9.17, 15) is 0 Å². The SMILES string of the molecule is C=CCCCN(C)C(=NCCCOCC1CCOCC1)NCC.I. The van der Waals surface area contributed by atoms with Crippen molar-refractivity contribution in [2.75, 3.05) is 53.1 Å². The van der Waals surface area contributed by atoms with Gasteiger partial charge in [0.25, 0.3) is 0 Å². The van der Waals surface area contributed by atoms with Crippen LogP contribution in [0.1, 0.15) is 39.0 Å². The van der Waals surface area contributed by atoms with Gasteiger partial charge in [0.15, 0.2) is 5.96 Å². The second-order valence-electron chi connectivity index (χ2n) is 6.07. The first-order chi connectivity index (χ1) is 11.3. The van der Waals surface area contributed by atoms with Gasteiger partial charge in [-0.05, 0) is 44.9 Å². The van der Waals surface area contributed by atoms with Crippen LogP contribution >= 0.6 is 24.0 Å². The zero-order chi connectivity index (χ0) is 16.8. The molecule has 0 atom stereocenters. The van der Waals surface area contributed by atoms with Gasteiger partial charge in [-0.2, -0.15) is 0 Å². The summed E-state index contributed by atoms with van der Waals surface area (Å²) in [5, 5.41) is 3.35. The molecule has 1 saturated heterocycles. The Morgan fingerprint density at radius 2 is 2.12 bits per heavy atom. The summed E-state index contributed by atoms with van der Waals surface area (Å²) in [7, 11) is 2.09. The maximum absolute atomic E-state index is 5.78. The molecule has 142 valence electrons. The van der Waals surface area contributed by atoms with Crippen LogP contribution in [0.15, 0.2) is 17.6 Å². The summed E-state index contributed by atoms with van der Waals surface area (Å²) in [6, 6.07) is 0. The number of aliphatic imine (C=N–C) groups is 1. The van der Waals surface area contributed by atoms with E-state index in [1.54, 1.807) is 0 Å². The average molecular weight is 453 g/mol. The highest BCUT2D eigenvalue weighted by atomic mass is 127. The van der Waals surface area contributed by atoms with E-state index < -0.39 is 0 Å². The Labute approximate surface area is 165 Å². The van der Waals surface area contributed by atoms with Crippen molar-refractivity contribution in [3.05, 3.63) is 12.7 Å². The number of nitrogens with zero attached hydrogens (tertiary/aromatic N) is 2. The van der Waals surface area contributed by atoms with Crippen LogP contribution in [0, 0.1) is 5.92 Å². The van der Waals surface area contributed by atoms with Crippen LogP contribution < -0.4 is 5.32 Å². The van der Waals surface area contributed by atoms with Crippen LogP contribution in [0.2, 0.25) is 0 Å². The predicted molar refractivity (Wildman–Crippen MR) is 112 cm³/mol. The Hall–Kier alpha value is -0.340. The summed E-state index contributed by atoms with van der Waals surface area (Å²) in [5.41, 5.74) is 0. The highest BCUT2D eigenvalue weighted by Crippen LogP contribution is 2.14. The Bertz CT molecular complexity index is 334. The van der Waals surface area contributed by atoms with Gasteiger partial charge in [0.1, 0.15) is 0 Å². The fourth-order valence-electron chi connectivity index (χ4n) is 2.56. The zero-order valence-electron chi connectivity index (χ0n) is 15.5. The minimum Gasteiger partial charge on any atom is -0.381 e. The molecule has 1 N–H and O–H groups in total. The lowest BCUT2D eigenvalue weighted by atomic mass is 10.0. The Morgan fingerprint density at radius 1 is 1.38 bits per heavy atom. The summed E-state index contributed by atoms with van der Waals surface area (Å²) < 4.78 is 11.1. The quantitative estimate of drug-likeness (QED) is 0.172. The van der Waals surface area contributed by atoms with Crippen LogP contribution in [0.3, 0.4) is 0 Å². The second-order valence-corrected chi connectivity index (χ2v) is 6.07. The molecule has 0 amide bonds. The van der Waals surface area contributed by atoms with Gasteiger partial charge in [-0.1, -0.05) is 6.08 Å². The van der Waals surface area contributed by atoms with E-state index in [0.29, 0.717) is 5.92 Å². The van der Waals surface area contributed by atoms with Crippen molar-refractivity contribution in [3.8, 4) is 0 Å². The number of nitrogens with one attached hydrogen (secondary N) is 1. The van der Waals surface area contributed by atoms with Crippen molar-refractivity contribution < 1.29 is 9.47 Å².